The van der Waals surface area contributed by atoms with E-state index in [1.807, 2.05) is 31.2 Å². The lowest BCUT2D eigenvalue weighted by molar-refractivity contribution is -0.384. The second-order valence-electron chi connectivity index (χ2n) is 6.55. The molecule has 0 unspecified atom stereocenters. The number of benzene rings is 2. The minimum absolute atomic E-state index is 0.0108. The van der Waals surface area contributed by atoms with Gasteiger partial charge in [-0.2, -0.15) is 0 Å². The minimum atomic E-state index is -0.442. The van der Waals surface area contributed by atoms with Crippen LogP contribution >= 0.6 is 0 Å². The number of nitro groups is 1. The van der Waals surface area contributed by atoms with E-state index in [9.17, 15) is 14.9 Å². The van der Waals surface area contributed by atoms with Gasteiger partial charge in [-0.15, -0.1) is 0 Å². The van der Waals surface area contributed by atoms with E-state index in [-0.39, 0.29) is 24.2 Å². The normalized spacial score (nSPS) is 11.9. The van der Waals surface area contributed by atoms with Crippen LogP contribution in [-0.2, 0) is 4.79 Å². The highest BCUT2D eigenvalue weighted by Crippen LogP contribution is 2.23. The van der Waals surface area contributed by atoms with Crippen LogP contribution in [0.5, 0.6) is 5.75 Å². The average molecular weight is 356 g/mol. The number of ether oxygens (including phenoxy) is 1. The Labute approximate surface area is 153 Å². The first-order valence-corrected chi connectivity index (χ1v) is 8.52. The first-order chi connectivity index (χ1) is 12.3. The number of hydrogen-bond acceptors (Lipinski definition) is 4. The molecule has 0 radical (unpaired) electrons. The lowest BCUT2D eigenvalue weighted by atomic mass is 10.0. The Morgan fingerprint density at radius 1 is 1.12 bits per heavy atom. The smallest absolute Gasteiger partial charge is 0.269 e. The number of hydrogen-bond donors (Lipinski definition) is 0. The molecule has 0 fully saturated rings. The Bertz CT molecular complexity index is 772. The van der Waals surface area contributed by atoms with Gasteiger partial charge in [-0.3, -0.25) is 14.9 Å². The molecule has 6 heteroatoms. The van der Waals surface area contributed by atoms with E-state index in [2.05, 4.69) is 13.8 Å². The molecule has 6 nitrogen and oxygen atoms in total. The van der Waals surface area contributed by atoms with Crippen LogP contribution in [0.1, 0.15) is 43.9 Å². The van der Waals surface area contributed by atoms with Crippen molar-refractivity contribution >= 4 is 11.6 Å². The van der Waals surface area contributed by atoms with Crippen molar-refractivity contribution in [2.24, 2.45) is 0 Å². The van der Waals surface area contributed by atoms with Crippen LogP contribution in [0.15, 0.2) is 48.5 Å². The molecule has 0 aromatic heterocycles. The van der Waals surface area contributed by atoms with E-state index < -0.39 is 4.92 Å². The fourth-order valence-electron chi connectivity index (χ4n) is 2.53. The standard InChI is InChI=1S/C20H24N2O4/c1-14(2)16-8-10-19(11-9-16)26-13-20(23)21(4)15(3)17-6-5-7-18(12-17)22(24)25/h5-12,14-15H,13H2,1-4H3/t15-/m0/s1. The number of carbonyl (C=O) groups is 1. The first-order valence-electron chi connectivity index (χ1n) is 8.52. The van der Waals surface area contributed by atoms with Crippen molar-refractivity contribution in [3.05, 3.63) is 69.8 Å². The van der Waals surface area contributed by atoms with E-state index in [0.717, 1.165) is 0 Å². The quantitative estimate of drug-likeness (QED) is 0.547. The zero-order chi connectivity index (χ0) is 19.3. The molecule has 0 aliphatic carbocycles. The van der Waals surface area contributed by atoms with Crippen LogP contribution < -0.4 is 4.74 Å². The van der Waals surface area contributed by atoms with Crippen LogP contribution in [0.2, 0.25) is 0 Å². The maximum Gasteiger partial charge on any atom is 0.269 e. The summed E-state index contributed by atoms with van der Waals surface area (Å²) in [5, 5.41) is 10.9. The summed E-state index contributed by atoms with van der Waals surface area (Å²) in [7, 11) is 1.66. The van der Waals surface area contributed by atoms with Crippen molar-refractivity contribution in [2.75, 3.05) is 13.7 Å². The van der Waals surface area contributed by atoms with Gasteiger partial charge in [-0.25, -0.2) is 0 Å². The molecule has 0 saturated carbocycles. The molecule has 138 valence electrons. The summed E-state index contributed by atoms with van der Waals surface area (Å²) >= 11 is 0. The first kappa shape index (κ1) is 19.4. The van der Waals surface area contributed by atoms with Crippen molar-refractivity contribution in [1.82, 2.24) is 4.90 Å². The third-order valence-electron chi connectivity index (χ3n) is 4.45. The SMILES string of the molecule is CC(C)c1ccc(OCC(=O)N(C)[C@@H](C)c2cccc([N+](=O)[O-])c2)cc1. The van der Waals surface area contributed by atoms with Crippen molar-refractivity contribution in [2.45, 2.75) is 32.7 Å². The van der Waals surface area contributed by atoms with Crippen LogP contribution in [0.4, 0.5) is 5.69 Å². The molecular weight excluding hydrogens is 332 g/mol. The van der Waals surface area contributed by atoms with Crippen molar-refractivity contribution in [3.8, 4) is 5.75 Å². The number of nitrogens with zero attached hydrogens (tertiary/aromatic N) is 2. The van der Waals surface area contributed by atoms with Gasteiger partial charge >= 0.3 is 0 Å². The molecule has 0 saturated heterocycles. The topological polar surface area (TPSA) is 72.7 Å². The second-order valence-corrected chi connectivity index (χ2v) is 6.55. The van der Waals surface area contributed by atoms with E-state index in [1.54, 1.807) is 19.2 Å². The van der Waals surface area contributed by atoms with Crippen LogP contribution in [-0.4, -0.2) is 29.4 Å². The molecule has 0 aliphatic rings. The van der Waals surface area contributed by atoms with Gasteiger partial charge in [0.15, 0.2) is 6.61 Å². The molecule has 2 aromatic rings. The summed E-state index contributed by atoms with van der Waals surface area (Å²) in [5.74, 6) is 0.878. The molecule has 0 heterocycles. The van der Waals surface area contributed by atoms with Gasteiger partial charge in [-0.1, -0.05) is 38.1 Å². The number of likely N-dealkylation sites (N-methyl/N-ethyl adjacent to an activating group) is 1. The number of rotatable bonds is 7. The maximum atomic E-state index is 12.4. The highest BCUT2D eigenvalue weighted by Gasteiger charge is 2.19. The Hall–Kier alpha value is -2.89. The van der Waals surface area contributed by atoms with Gasteiger partial charge in [0, 0.05) is 19.2 Å². The molecule has 2 aromatic carbocycles. The lowest BCUT2D eigenvalue weighted by Gasteiger charge is -2.25. The molecule has 0 aliphatic heterocycles. The molecule has 0 bridgehead atoms. The van der Waals surface area contributed by atoms with Gasteiger partial charge < -0.3 is 9.64 Å². The minimum Gasteiger partial charge on any atom is -0.484 e. The number of nitro benzene ring substituents is 1. The largest absolute Gasteiger partial charge is 0.484 e. The summed E-state index contributed by atoms with van der Waals surface area (Å²) in [4.78, 5) is 24.4. The summed E-state index contributed by atoms with van der Waals surface area (Å²) in [6.45, 7) is 5.97. The van der Waals surface area contributed by atoms with Crippen LogP contribution in [0, 0.1) is 10.1 Å². The summed E-state index contributed by atoms with van der Waals surface area (Å²) in [6, 6.07) is 13.7. The number of carbonyl (C=O) groups excluding carboxylic acids is 1. The van der Waals surface area contributed by atoms with Gasteiger partial charge in [0.05, 0.1) is 11.0 Å². The summed E-state index contributed by atoms with van der Waals surface area (Å²) < 4.78 is 5.57. The van der Waals surface area contributed by atoms with Crippen molar-refractivity contribution < 1.29 is 14.5 Å². The Balaban J connectivity index is 1.98. The fraction of sp³-hybridized carbons (Fsp3) is 0.350. The highest BCUT2D eigenvalue weighted by molar-refractivity contribution is 5.78. The Morgan fingerprint density at radius 3 is 2.35 bits per heavy atom. The summed E-state index contributed by atoms with van der Waals surface area (Å²) in [6.07, 6.45) is 0. The van der Waals surface area contributed by atoms with Crippen LogP contribution in [0.25, 0.3) is 0 Å². The zero-order valence-corrected chi connectivity index (χ0v) is 15.5. The molecule has 2 rings (SSSR count). The molecule has 26 heavy (non-hydrogen) atoms. The highest BCUT2D eigenvalue weighted by atomic mass is 16.6. The second kappa shape index (κ2) is 8.47. The predicted octanol–water partition coefficient (Wildman–Crippen LogP) is 4.32. The third-order valence-corrected chi connectivity index (χ3v) is 4.45. The van der Waals surface area contributed by atoms with Crippen molar-refractivity contribution in [1.29, 1.82) is 0 Å². The molecule has 1 amide bonds. The number of non-ortho nitro benzene ring substituents is 1. The molecule has 0 spiro atoms. The summed E-state index contributed by atoms with van der Waals surface area (Å²) in [5.41, 5.74) is 1.92. The van der Waals surface area contributed by atoms with E-state index in [0.29, 0.717) is 17.2 Å². The Morgan fingerprint density at radius 2 is 1.77 bits per heavy atom. The van der Waals surface area contributed by atoms with Gasteiger partial charge in [-0.05, 0) is 36.1 Å². The molecule has 1 atom stereocenters. The third kappa shape index (κ3) is 4.81. The lowest BCUT2D eigenvalue weighted by Crippen LogP contribution is -2.33. The van der Waals surface area contributed by atoms with Crippen LogP contribution in [0.3, 0.4) is 0 Å². The maximum absolute atomic E-state index is 12.4. The van der Waals surface area contributed by atoms with Gasteiger partial charge in [0.25, 0.3) is 11.6 Å². The predicted molar refractivity (Wildman–Crippen MR) is 100 cm³/mol. The fourth-order valence-corrected chi connectivity index (χ4v) is 2.53. The molecule has 0 N–H and O–H groups in total. The van der Waals surface area contributed by atoms with Gasteiger partial charge in [0.1, 0.15) is 5.75 Å². The van der Waals surface area contributed by atoms with E-state index in [4.69, 9.17) is 4.74 Å². The number of amides is 1. The van der Waals surface area contributed by atoms with Gasteiger partial charge in [0.2, 0.25) is 0 Å². The van der Waals surface area contributed by atoms with E-state index >= 15 is 0 Å². The molecular formula is C20H24N2O4. The average Bonchev–Trinajstić information content (AvgIpc) is 2.65. The zero-order valence-electron chi connectivity index (χ0n) is 15.5. The monoisotopic (exact) mass is 356 g/mol. The van der Waals surface area contributed by atoms with Crippen molar-refractivity contribution in [3.63, 3.8) is 0 Å². The Kier molecular flexibility index (Phi) is 6.33. The van der Waals surface area contributed by atoms with E-state index in [1.165, 1.54) is 22.6 Å².